The van der Waals surface area contributed by atoms with Gasteiger partial charge in [-0.25, -0.2) is 4.39 Å². The summed E-state index contributed by atoms with van der Waals surface area (Å²) in [6.45, 7) is -0.412. The number of aliphatic hydroxyl groups excluding tert-OH is 5. The third-order valence-electron chi connectivity index (χ3n) is 3.13. The maximum Gasteiger partial charge on any atom is 0.191 e. The van der Waals surface area contributed by atoms with Crippen molar-refractivity contribution in [3.05, 3.63) is 23.4 Å². The fraction of sp³-hybridized carbons (Fsp3) is 0.600. The van der Waals surface area contributed by atoms with E-state index < -0.39 is 48.8 Å². The van der Waals surface area contributed by atoms with E-state index in [9.17, 15) is 19.7 Å². The first kappa shape index (κ1) is 13.2. The molecular formula is C10H15FN2O5. The van der Waals surface area contributed by atoms with Crippen molar-refractivity contribution in [3.63, 3.8) is 0 Å². The maximum atomic E-state index is 13.2. The minimum Gasteiger partial charge on any atom is -0.495 e. The highest BCUT2D eigenvalue weighted by Gasteiger charge is 2.43. The summed E-state index contributed by atoms with van der Waals surface area (Å²) in [4.78, 5) is 0. The van der Waals surface area contributed by atoms with E-state index in [0.717, 1.165) is 6.08 Å². The molecule has 0 aromatic heterocycles. The molecule has 0 saturated carbocycles. The largest absolute Gasteiger partial charge is 0.495 e. The molecule has 8 heteroatoms. The van der Waals surface area contributed by atoms with Crippen LogP contribution < -0.4 is 10.6 Å². The average molecular weight is 262 g/mol. The molecule has 5 atom stereocenters. The monoisotopic (exact) mass is 262 g/mol. The Hall–Kier alpha value is -1.19. The fourth-order valence-corrected chi connectivity index (χ4v) is 2.11. The number of hydrogen-bond donors (Lipinski definition) is 7. The molecule has 0 aliphatic carbocycles. The van der Waals surface area contributed by atoms with Crippen LogP contribution in [0.4, 0.5) is 4.39 Å². The summed E-state index contributed by atoms with van der Waals surface area (Å²) in [6, 6.07) is -1.71. The molecule has 7 N–H and O–H groups in total. The second-order valence-electron chi connectivity index (χ2n) is 4.29. The topological polar surface area (TPSA) is 125 Å². The van der Waals surface area contributed by atoms with Gasteiger partial charge in [-0.15, -0.1) is 0 Å². The Morgan fingerprint density at radius 3 is 2.44 bits per heavy atom. The molecule has 102 valence electrons. The second kappa shape index (κ2) is 4.82. The molecule has 18 heavy (non-hydrogen) atoms. The zero-order valence-electron chi connectivity index (χ0n) is 9.29. The van der Waals surface area contributed by atoms with Crippen molar-refractivity contribution in [1.82, 2.24) is 10.6 Å². The Kier molecular flexibility index (Phi) is 3.55. The zero-order valence-corrected chi connectivity index (χ0v) is 9.29. The van der Waals surface area contributed by atoms with E-state index in [2.05, 4.69) is 10.6 Å². The quantitative estimate of drug-likeness (QED) is 0.295. The predicted molar refractivity (Wildman–Crippen MR) is 57.8 cm³/mol. The van der Waals surface area contributed by atoms with Gasteiger partial charge in [-0.2, -0.15) is 0 Å². The number of aliphatic hydroxyl groups is 5. The van der Waals surface area contributed by atoms with Crippen LogP contribution in [0, 0.1) is 0 Å². The van der Waals surface area contributed by atoms with Gasteiger partial charge < -0.3 is 36.2 Å². The number of dihydropyridines is 1. The lowest BCUT2D eigenvalue weighted by molar-refractivity contribution is 0.0224. The molecule has 0 aromatic rings. The molecule has 1 saturated heterocycles. The van der Waals surface area contributed by atoms with E-state index in [1.165, 1.54) is 0 Å². The standard InChI is InChI=1S/C10H15FN2O5/c11-4-1-3(9(17)13-10(4)18)6-8(16)7(15)5(2-14)12-6/h1,5-8,10,12-18H,2H2/t5-,6+,7-,8+,10?/m1/s1. The molecule has 0 amide bonds. The Morgan fingerprint density at radius 1 is 1.22 bits per heavy atom. The summed E-state index contributed by atoms with van der Waals surface area (Å²) in [5.74, 6) is -1.41. The summed E-state index contributed by atoms with van der Waals surface area (Å²) in [5.41, 5.74) is -0.0275. The lowest BCUT2D eigenvalue weighted by Crippen LogP contribution is -2.41. The number of hydrogen-bond acceptors (Lipinski definition) is 7. The van der Waals surface area contributed by atoms with Crippen molar-refractivity contribution in [2.24, 2.45) is 0 Å². The van der Waals surface area contributed by atoms with Crippen molar-refractivity contribution in [3.8, 4) is 0 Å². The van der Waals surface area contributed by atoms with Gasteiger partial charge in [0.05, 0.1) is 24.8 Å². The fourth-order valence-electron chi connectivity index (χ4n) is 2.11. The third-order valence-corrected chi connectivity index (χ3v) is 3.13. The van der Waals surface area contributed by atoms with E-state index in [0.29, 0.717) is 0 Å². The van der Waals surface area contributed by atoms with Crippen LogP contribution in [-0.4, -0.2) is 62.7 Å². The number of rotatable bonds is 2. The molecule has 2 heterocycles. The minimum absolute atomic E-state index is 0.0275. The van der Waals surface area contributed by atoms with Gasteiger partial charge in [0.15, 0.2) is 12.1 Å². The van der Waals surface area contributed by atoms with Crippen molar-refractivity contribution in [2.45, 2.75) is 30.5 Å². The first-order valence-corrected chi connectivity index (χ1v) is 5.43. The smallest absolute Gasteiger partial charge is 0.191 e. The number of nitrogens with one attached hydrogen (secondary N) is 2. The van der Waals surface area contributed by atoms with Crippen LogP contribution >= 0.6 is 0 Å². The molecule has 0 spiro atoms. The Balaban J connectivity index is 2.25. The molecular weight excluding hydrogens is 247 g/mol. The molecule has 0 radical (unpaired) electrons. The van der Waals surface area contributed by atoms with E-state index >= 15 is 0 Å². The summed E-state index contributed by atoms with van der Waals surface area (Å²) in [5, 5.41) is 51.8. The van der Waals surface area contributed by atoms with E-state index in [1.807, 2.05) is 0 Å². The van der Waals surface area contributed by atoms with Gasteiger partial charge in [-0.05, 0) is 6.08 Å². The van der Waals surface area contributed by atoms with Gasteiger partial charge in [-0.1, -0.05) is 0 Å². The van der Waals surface area contributed by atoms with Gasteiger partial charge in [0.1, 0.15) is 11.9 Å². The van der Waals surface area contributed by atoms with Gasteiger partial charge >= 0.3 is 0 Å². The normalized spacial score (nSPS) is 40.7. The van der Waals surface area contributed by atoms with Gasteiger partial charge in [-0.3, -0.25) is 0 Å². The van der Waals surface area contributed by atoms with Crippen LogP contribution in [0.3, 0.4) is 0 Å². The van der Waals surface area contributed by atoms with Crippen molar-refractivity contribution in [1.29, 1.82) is 0 Å². The SMILES string of the molecule is OC[C@H]1N[C@@H](C2=C(O)NC(O)C(F)=C2)[C@H](O)[C@@H]1O. The summed E-state index contributed by atoms with van der Waals surface area (Å²) in [6.07, 6.45) is -3.29. The van der Waals surface area contributed by atoms with Crippen LogP contribution in [0.1, 0.15) is 0 Å². The first-order valence-electron chi connectivity index (χ1n) is 5.43. The van der Waals surface area contributed by atoms with Gasteiger partial charge in [0.25, 0.3) is 0 Å². The van der Waals surface area contributed by atoms with Crippen LogP contribution in [-0.2, 0) is 0 Å². The summed E-state index contributed by atoms with van der Waals surface area (Å²) < 4.78 is 13.2. The second-order valence-corrected chi connectivity index (χ2v) is 4.29. The molecule has 2 aliphatic heterocycles. The van der Waals surface area contributed by atoms with E-state index in [4.69, 9.17) is 10.2 Å². The lowest BCUT2D eigenvalue weighted by Gasteiger charge is -2.24. The lowest BCUT2D eigenvalue weighted by atomic mass is 9.99. The highest BCUT2D eigenvalue weighted by molar-refractivity contribution is 5.36. The van der Waals surface area contributed by atoms with Crippen LogP contribution in [0.15, 0.2) is 23.4 Å². The molecule has 1 fully saturated rings. The predicted octanol–water partition coefficient (Wildman–Crippen LogP) is -2.41. The van der Waals surface area contributed by atoms with Crippen molar-refractivity contribution < 1.29 is 29.9 Å². The third kappa shape index (κ3) is 2.08. The first-order chi connectivity index (χ1) is 8.45. The van der Waals surface area contributed by atoms with Crippen LogP contribution in [0.5, 0.6) is 0 Å². The molecule has 0 bridgehead atoms. The highest BCUT2D eigenvalue weighted by Crippen LogP contribution is 2.26. The van der Waals surface area contributed by atoms with Crippen molar-refractivity contribution in [2.75, 3.05) is 6.61 Å². The van der Waals surface area contributed by atoms with Gasteiger partial charge in [0.2, 0.25) is 0 Å². The Labute approximate surface area is 102 Å². The van der Waals surface area contributed by atoms with Crippen molar-refractivity contribution >= 4 is 0 Å². The highest BCUT2D eigenvalue weighted by atomic mass is 19.1. The molecule has 7 nitrogen and oxygen atoms in total. The van der Waals surface area contributed by atoms with Gasteiger partial charge in [0, 0.05) is 5.57 Å². The van der Waals surface area contributed by atoms with E-state index in [1.54, 1.807) is 0 Å². The summed E-state index contributed by atoms with van der Waals surface area (Å²) in [7, 11) is 0. The molecule has 2 aliphatic rings. The number of halogens is 1. The molecule has 0 aromatic carbocycles. The summed E-state index contributed by atoms with van der Waals surface area (Å²) >= 11 is 0. The Morgan fingerprint density at radius 2 is 1.89 bits per heavy atom. The van der Waals surface area contributed by atoms with E-state index in [-0.39, 0.29) is 5.57 Å². The Bertz CT molecular complexity index is 400. The average Bonchev–Trinajstić information content (AvgIpc) is 2.61. The maximum absolute atomic E-state index is 13.2. The van der Waals surface area contributed by atoms with Crippen LogP contribution in [0.2, 0.25) is 0 Å². The van der Waals surface area contributed by atoms with Crippen LogP contribution in [0.25, 0.3) is 0 Å². The zero-order chi connectivity index (χ0) is 13.4. The minimum atomic E-state index is -1.63. The molecule has 1 unspecified atom stereocenters. The molecule has 2 rings (SSSR count).